The molecule has 0 rings (SSSR count). The Hall–Kier alpha value is -0.620. The van der Waals surface area contributed by atoms with Gasteiger partial charge in [0.1, 0.15) is 0 Å². The molecule has 0 saturated heterocycles. The average Bonchev–Trinajstić information content (AvgIpc) is 2.28. The minimum Gasteiger partial charge on any atom is -0.441 e. The van der Waals surface area contributed by atoms with E-state index in [0.717, 1.165) is 0 Å². The Balaban J connectivity index is 5.09. The lowest BCUT2D eigenvalue weighted by Crippen LogP contribution is -2.52. The number of hydrogen-bond donors (Lipinski definition) is 0. The summed E-state index contributed by atoms with van der Waals surface area (Å²) in [5.74, 6) is -1.02. The maximum absolute atomic E-state index is 5.56. The number of allylic oxidation sites excluding steroid dienone is 1. The first-order valence-electron chi connectivity index (χ1n) is 6.21. The third kappa shape index (κ3) is 5.35. The molecule has 0 aromatic carbocycles. The molecular weight excluding hydrogens is 236 g/mol. The molecule has 1 unspecified atom stereocenters. The molecule has 0 aliphatic carbocycles. The summed E-state index contributed by atoms with van der Waals surface area (Å²) in [4.78, 5) is 0. The van der Waals surface area contributed by atoms with Crippen LogP contribution in [0.15, 0.2) is 12.3 Å². The summed E-state index contributed by atoms with van der Waals surface area (Å²) in [7, 11) is 0. The molecule has 0 heterocycles. The molecule has 107 valence electrons. The Morgan fingerprint density at radius 3 is 1.94 bits per heavy atom. The van der Waals surface area contributed by atoms with Gasteiger partial charge in [-0.2, -0.15) is 0 Å². The maximum Gasteiger partial charge on any atom is 0.381 e. The molecule has 18 heavy (non-hydrogen) atoms. The van der Waals surface area contributed by atoms with Gasteiger partial charge in [0.2, 0.25) is 0 Å². The standard InChI is InChI=1S/C13H25O5/c1-7-14-12(15-8-2)13(16-9-3,17-10-4)18-11(5)6/h12H,3,5,7-10H2,1-2,4,6H3. The van der Waals surface area contributed by atoms with Crippen molar-refractivity contribution in [2.24, 2.45) is 0 Å². The zero-order valence-electron chi connectivity index (χ0n) is 11.9. The largest absolute Gasteiger partial charge is 0.441 e. The van der Waals surface area contributed by atoms with Gasteiger partial charge in [0.25, 0.3) is 6.29 Å². The monoisotopic (exact) mass is 261 g/mol. The smallest absolute Gasteiger partial charge is 0.381 e. The molecule has 0 saturated carbocycles. The Bertz CT molecular complexity index is 217. The van der Waals surface area contributed by atoms with E-state index in [1.807, 2.05) is 20.8 Å². The first kappa shape index (κ1) is 17.4. The normalized spacial score (nSPS) is 11.9. The Morgan fingerprint density at radius 1 is 1.06 bits per heavy atom. The van der Waals surface area contributed by atoms with Gasteiger partial charge in [-0.3, -0.25) is 0 Å². The van der Waals surface area contributed by atoms with Crippen molar-refractivity contribution in [3.8, 4) is 0 Å². The van der Waals surface area contributed by atoms with Gasteiger partial charge in [0.15, 0.2) is 0 Å². The lowest BCUT2D eigenvalue weighted by molar-refractivity contribution is -0.442. The van der Waals surface area contributed by atoms with Crippen LogP contribution in [0, 0.1) is 6.92 Å². The molecular formula is C13H25O5. The number of hydrogen-bond acceptors (Lipinski definition) is 5. The minimum atomic E-state index is -1.46. The second kappa shape index (κ2) is 9.33. The summed E-state index contributed by atoms with van der Waals surface area (Å²) in [5.41, 5.74) is 0. The van der Waals surface area contributed by atoms with E-state index < -0.39 is 12.3 Å². The van der Waals surface area contributed by atoms with Crippen molar-refractivity contribution in [1.82, 2.24) is 0 Å². The van der Waals surface area contributed by atoms with Crippen LogP contribution in [-0.2, 0) is 23.7 Å². The van der Waals surface area contributed by atoms with Crippen molar-refractivity contribution in [1.29, 1.82) is 0 Å². The van der Waals surface area contributed by atoms with Gasteiger partial charge in [-0.25, -0.2) is 0 Å². The lowest BCUT2D eigenvalue weighted by Gasteiger charge is -2.37. The van der Waals surface area contributed by atoms with Crippen molar-refractivity contribution in [3.63, 3.8) is 0 Å². The van der Waals surface area contributed by atoms with Crippen molar-refractivity contribution in [2.75, 3.05) is 26.4 Å². The lowest BCUT2D eigenvalue weighted by atomic mass is 10.4. The molecule has 0 N–H and O–H groups in total. The van der Waals surface area contributed by atoms with Crippen LogP contribution in [0.2, 0.25) is 0 Å². The van der Waals surface area contributed by atoms with Gasteiger partial charge in [-0.05, 0) is 34.6 Å². The highest BCUT2D eigenvalue weighted by molar-refractivity contribution is 4.79. The van der Waals surface area contributed by atoms with Crippen molar-refractivity contribution in [2.45, 2.75) is 40.0 Å². The molecule has 0 aliphatic heterocycles. The van der Waals surface area contributed by atoms with E-state index >= 15 is 0 Å². The van der Waals surface area contributed by atoms with Crippen LogP contribution in [-0.4, -0.2) is 38.7 Å². The molecule has 0 aromatic rings. The molecule has 1 radical (unpaired) electrons. The van der Waals surface area contributed by atoms with Gasteiger partial charge in [-0.1, -0.05) is 6.58 Å². The van der Waals surface area contributed by atoms with E-state index in [2.05, 4.69) is 13.5 Å². The van der Waals surface area contributed by atoms with Crippen LogP contribution in [0.3, 0.4) is 0 Å². The highest BCUT2D eigenvalue weighted by Gasteiger charge is 2.46. The van der Waals surface area contributed by atoms with Crippen LogP contribution in [0.5, 0.6) is 0 Å². The van der Waals surface area contributed by atoms with Crippen LogP contribution >= 0.6 is 0 Å². The fourth-order valence-corrected chi connectivity index (χ4v) is 1.43. The highest BCUT2D eigenvalue weighted by atomic mass is 16.9. The Morgan fingerprint density at radius 2 is 1.61 bits per heavy atom. The Labute approximate surface area is 110 Å². The zero-order chi connectivity index (χ0) is 14.0. The van der Waals surface area contributed by atoms with E-state index in [-0.39, 0.29) is 6.61 Å². The van der Waals surface area contributed by atoms with Crippen LogP contribution in [0.25, 0.3) is 0 Å². The van der Waals surface area contributed by atoms with Crippen molar-refractivity contribution >= 4 is 0 Å². The predicted molar refractivity (Wildman–Crippen MR) is 68.6 cm³/mol. The number of ether oxygens (including phenoxy) is 5. The van der Waals surface area contributed by atoms with Gasteiger partial charge < -0.3 is 23.7 Å². The minimum absolute atomic E-state index is 0.157. The van der Waals surface area contributed by atoms with E-state index in [4.69, 9.17) is 23.7 Å². The van der Waals surface area contributed by atoms with Gasteiger partial charge >= 0.3 is 5.97 Å². The predicted octanol–water partition coefficient (Wildman–Crippen LogP) is 2.48. The summed E-state index contributed by atoms with van der Waals surface area (Å²) in [6.45, 7) is 16.0. The molecule has 0 aliphatic rings. The first-order chi connectivity index (χ1) is 8.56. The summed E-state index contributed by atoms with van der Waals surface area (Å²) in [6, 6.07) is 0. The molecule has 0 fully saturated rings. The Kier molecular flexibility index (Phi) is 9.01. The topological polar surface area (TPSA) is 46.2 Å². The van der Waals surface area contributed by atoms with Gasteiger partial charge in [-0.15, -0.1) is 0 Å². The van der Waals surface area contributed by atoms with E-state index in [9.17, 15) is 0 Å². The third-order valence-corrected chi connectivity index (χ3v) is 1.89. The molecule has 0 spiro atoms. The van der Waals surface area contributed by atoms with Crippen LogP contribution in [0.4, 0.5) is 0 Å². The first-order valence-corrected chi connectivity index (χ1v) is 6.21. The molecule has 5 heteroatoms. The SMILES string of the molecule is [CH2]COC(OCC)(OC(=C)C)C(OCC)OCC. The zero-order valence-corrected chi connectivity index (χ0v) is 11.9. The number of rotatable bonds is 11. The molecule has 0 bridgehead atoms. The summed E-state index contributed by atoms with van der Waals surface area (Å²) in [5, 5.41) is 0. The summed E-state index contributed by atoms with van der Waals surface area (Å²) >= 11 is 0. The van der Waals surface area contributed by atoms with Crippen LogP contribution < -0.4 is 0 Å². The second-order valence-corrected chi connectivity index (χ2v) is 3.43. The van der Waals surface area contributed by atoms with Crippen molar-refractivity contribution < 1.29 is 23.7 Å². The fourth-order valence-electron chi connectivity index (χ4n) is 1.43. The van der Waals surface area contributed by atoms with E-state index in [1.54, 1.807) is 6.92 Å². The fraction of sp³-hybridized carbons (Fsp3) is 0.769. The van der Waals surface area contributed by atoms with Gasteiger partial charge in [0.05, 0.1) is 19.0 Å². The van der Waals surface area contributed by atoms with Crippen LogP contribution in [0.1, 0.15) is 27.7 Å². The summed E-state index contributed by atoms with van der Waals surface area (Å²) < 4.78 is 27.6. The quantitative estimate of drug-likeness (QED) is 0.422. The second-order valence-electron chi connectivity index (χ2n) is 3.43. The molecule has 0 aromatic heterocycles. The maximum atomic E-state index is 5.56. The molecule has 5 nitrogen and oxygen atoms in total. The highest BCUT2D eigenvalue weighted by Crippen LogP contribution is 2.26. The summed E-state index contributed by atoms with van der Waals surface area (Å²) in [6.07, 6.45) is -0.800. The van der Waals surface area contributed by atoms with E-state index in [0.29, 0.717) is 25.6 Å². The third-order valence-electron chi connectivity index (χ3n) is 1.89. The van der Waals surface area contributed by atoms with Crippen molar-refractivity contribution in [3.05, 3.63) is 19.3 Å². The van der Waals surface area contributed by atoms with E-state index in [1.165, 1.54) is 0 Å². The van der Waals surface area contributed by atoms with Gasteiger partial charge in [0, 0.05) is 13.2 Å². The average molecular weight is 261 g/mol. The molecule has 1 atom stereocenters. The molecule has 0 amide bonds.